The van der Waals surface area contributed by atoms with Crippen LogP contribution in [0, 0.1) is 0 Å². The molecule has 0 aromatic carbocycles. The highest BCUT2D eigenvalue weighted by atomic mass is 19.4. The van der Waals surface area contributed by atoms with Crippen molar-refractivity contribution in [1.82, 2.24) is 15.2 Å². The molecule has 1 heterocycles. The zero-order valence-corrected chi connectivity index (χ0v) is 8.86. The van der Waals surface area contributed by atoms with Crippen molar-refractivity contribution in [3.63, 3.8) is 0 Å². The van der Waals surface area contributed by atoms with Gasteiger partial charge in [-0.2, -0.15) is 18.3 Å². The Morgan fingerprint density at radius 1 is 1.71 bits per heavy atom. The molecule has 6 nitrogen and oxygen atoms in total. The van der Waals surface area contributed by atoms with E-state index in [1.807, 2.05) is 5.43 Å². The van der Waals surface area contributed by atoms with E-state index in [9.17, 15) is 18.0 Å². The van der Waals surface area contributed by atoms with Crippen LogP contribution in [0.25, 0.3) is 0 Å². The summed E-state index contributed by atoms with van der Waals surface area (Å²) >= 11 is 0. The van der Waals surface area contributed by atoms with Crippen molar-refractivity contribution in [3.8, 4) is 0 Å². The summed E-state index contributed by atoms with van der Waals surface area (Å²) < 4.78 is 42.5. The third-order valence-corrected chi connectivity index (χ3v) is 2.02. The highest BCUT2D eigenvalue weighted by Gasteiger charge is 2.33. The maximum absolute atomic E-state index is 12.3. The van der Waals surface area contributed by atoms with E-state index in [-0.39, 0.29) is 6.61 Å². The van der Waals surface area contributed by atoms with Crippen molar-refractivity contribution in [2.75, 3.05) is 13.7 Å². The second-order valence-electron chi connectivity index (χ2n) is 3.19. The molecule has 1 unspecified atom stereocenters. The molecule has 1 amide bonds. The average Bonchev–Trinajstić information content (AvgIpc) is 2.73. The van der Waals surface area contributed by atoms with Gasteiger partial charge in [0.05, 0.1) is 18.4 Å². The second kappa shape index (κ2) is 5.15. The lowest BCUT2D eigenvalue weighted by Crippen LogP contribution is -2.39. The van der Waals surface area contributed by atoms with E-state index < -0.39 is 23.7 Å². The molecular formula is C8H11F3N4O2. The molecule has 0 aliphatic rings. The number of hydrazine groups is 1. The lowest BCUT2D eigenvalue weighted by Gasteiger charge is -2.14. The molecule has 1 aromatic heterocycles. The van der Waals surface area contributed by atoms with Crippen molar-refractivity contribution in [3.05, 3.63) is 18.0 Å². The molecule has 0 radical (unpaired) electrons. The molecule has 0 aliphatic heterocycles. The number of hydrogen-bond acceptors (Lipinski definition) is 4. The van der Waals surface area contributed by atoms with Crippen LogP contribution >= 0.6 is 0 Å². The van der Waals surface area contributed by atoms with Crippen LogP contribution in [-0.4, -0.2) is 29.4 Å². The maximum Gasteiger partial charge on any atom is 0.419 e. The van der Waals surface area contributed by atoms with Gasteiger partial charge in [-0.05, 0) is 0 Å². The predicted octanol–water partition coefficient (Wildman–Crippen LogP) is 0.0793. The minimum atomic E-state index is -4.50. The van der Waals surface area contributed by atoms with Gasteiger partial charge in [-0.3, -0.25) is 14.9 Å². The summed E-state index contributed by atoms with van der Waals surface area (Å²) in [5.41, 5.74) is 0.894. The standard InChI is InChI=1S/C8H11F3N4O2/c1-17-4-6(7(16)14-12)15-3-5(2-13-15)8(9,10)11/h2-3,6H,4,12H2,1H3,(H,14,16). The lowest BCUT2D eigenvalue weighted by molar-refractivity contribution is -0.138. The highest BCUT2D eigenvalue weighted by molar-refractivity contribution is 5.79. The zero-order chi connectivity index (χ0) is 13.1. The van der Waals surface area contributed by atoms with Crippen LogP contribution in [0.4, 0.5) is 13.2 Å². The Morgan fingerprint density at radius 3 is 2.76 bits per heavy atom. The Kier molecular flexibility index (Phi) is 4.07. The first-order valence-electron chi connectivity index (χ1n) is 4.51. The van der Waals surface area contributed by atoms with Gasteiger partial charge in [0.25, 0.3) is 5.91 Å². The van der Waals surface area contributed by atoms with Crippen molar-refractivity contribution < 1.29 is 22.7 Å². The van der Waals surface area contributed by atoms with E-state index in [1.54, 1.807) is 0 Å². The number of hydrogen-bond donors (Lipinski definition) is 2. The summed E-state index contributed by atoms with van der Waals surface area (Å²) in [4.78, 5) is 11.3. The molecule has 96 valence electrons. The third-order valence-electron chi connectivity index (χ3n) is 2.02. The molecule has 3 N–H and O–H groups in total. The Labute approximate surface area is 94.5 Å². The minimum absolute atomic E-state index is 0.137. The van der Waals surface area contributed by atoms with Crippen LogP contribution in [0.3, 0.4) is 0 Å². The minimum Gasteiger partial charge on any atom is -0.382 e. The van der Waals surface area contributed by atoms with Gasteiger partial charge in [0.2, 0.25) is 0 Å². The first-order chi connectivity index (χ1) is 7.90. The molecule has 1 rings (SSSR count). The van der Waals surface area contributed by atoms with Crippen molar-refractivity contribution in [2.24, 2.45) is 5.84 Å². The van der Waals surface area contributed by atoms with Gasteiger partial charge in [0.1, 0.15) is 0 Å². The van der Waals surface area contributed by atoms with Crippen molar-refractivity contribution >= 4 is 5.91 Å². The number of alkyl halides is 3. The number of ether oxygens (including phenoxy) is 1. The van der Waals surface area contributed by atoms with Crippen molar-refractivity contribution in [2.45, 2.75) is 12.2 Å². The monoisotopic (exact) mass is 252 g/mol. The van der Waals surface area contributed by atoms with Crippen molar-refractivity contribution in [1.29, 1.82) is 0 Å². The number of methoxy groups -OCH3 is 1. The molecular weight excluding hydrogens is 241 g/mol. The number of nitrogens with zero attached hydrogens (tertiary/aromatic N) is 2. The molecule has 0 fully saturated rings. The third kappa shape index (κ3) is 3.17. The topological polar surface area (TPSA) is 82.2 Å². The van der Waals surface area contributed by atoms with Gasteiger partial charge >= 0.3 is 6.18 Å². The van der Waals surface area contributed by atoms with Gasteiger partial charge in [0, 0.05) is 13.3 Å². The SMILES string of the molecule is COCC(C(=O)NN)n1cc(C(F)(F)F)cn1. The van der Waals surface area contributed by atoms with Gasteiger partial charge in [-0.1, -0.05) is 0 Å². The molecule has 0 aliphatic carbocycles. The summed E-state index contributed by atoms with van der Waals surface area (Å²) in [6.45, 7) is -0.137. The second-order valence-corrected chi connectivity index (χ2v) is 3.19. The Balaban J connectivity index is 2.96. The zero-order valence-electron chi connectivity index (χ0n) is 8.86. The fourth-order valence-corrected chi connectivity index (χ4v) is 1.18. The number of nitrogens with one attached hydrogen (secondary N) is 1. The lowest BCUT2D eigenvalue weighted by atomic mass is 10.3. The van der Waals surface area contributed by atoms with E-state index >= 15 is 0 Å². The summed E-state index contributed by atoms with van der Waals surface area (Å²) in [7, 11) is 1.31. The first kappa shape index (κ1) is 13.5. The van der Waals surface area contributed by atoms with E-state index in [1.165, 1.54) is 7.11 Å². The molecule has 0 saturated heterocycles. The number of halogens is 3. The summed E-state index contributed by atoms with van der Waals surface area (Å²) in [6.07, 6.45) is -3.15. The number of nitrogens with two attached hydrogens (primary N) is 1. The van der Waals surface area contributed by atoms with Crippen LogP contribution in [0.15, 0.2) is 12.4 Å². The number of amides is 1. The highest BCUT2D eigenvalue weighted by Crippen LogP contribution is 2.29. The van der Waals surface area contributed by atoms with Crippen LogP contribution < -0.4 is 11.3 Å². The first-order valence-corrected chi connectivity index (χ1v) is 4.51. The Hall–Kier alpha value is -1.61. The van der Waals surface area contributed by atoms with Crippen LogP contribution in [0.5, 0.6) is 0 Å². The molecule has 1 aromatic rings. The van der Waals surface area contributed by atoms with E-state index in [0.717, 1.165) is 10.9 Å². The number of carbonyl (C=O) groups excluding carboxylic acids is 1. The van der Waals surface area contributed by atoms with Gasteiger partial charge < -0.3 is 4.74 Å². The molecule has 0 spiro atoms. The Bertz CT molecular complexity index is 390. The van der Waals surface area contributed by atoms with Crippen LogP contribution in [0.2, 0.25) is 0 Å². The fraction of sp³-hybridized carbons (Fsp3) is 0.500. The smallest absolute Gasteiger partial charge is 0.382 e. The summed E-state index contributed by atoms with van der Waals surface area (Å²) in [6, 6.07) is -1.04. The molecule has 0 saturated carbocycles. The number of carbonyl (C=O) groups is 1. The molecule has 17 heavy (non-hydrogen) atoms. The van der Waals surface area contributed by atoms with E-state index in [4.69, 9.17) is 10.6 Å². The van der Waals surface area contributed by atoms with Gasteiger partial charge in [-0.25, -0.2) is 5.84 Å². The summed E-state index contributed by atoms with van der Waals surface area (Å²) in [5, 5.41) is 3.47. The Morgan fingerprint density at radius 2 is 2.35 bits per heavy atom. The quantitative estimate of drug-likeness (QED) is 0.451. The maximum atomic E-state index is 12.3. The number of rotatable bonds is 4. The van der Waals surface area contributed by atoms with E-state index in [0.29, 0.717) is 6.20 Å². The van der Waals surface area contributed by atoms with Crippen LogP contribution in [0.1, 0.15) is 11.6 Å². The fourth-order valence-electron chi connectivity index (χ4n) is 1.18. The normalized spacial score (nSPS) is 13.5. The van der Waals surface area contributed by atoms with Gasteiger partial charge in [0.15, 0.2) is 6.04 Å². The number of aromatic nitrogens is 2. The predicted molar refractivity (Wildman–Crippen MR) is 50.5 cm³/mol. The van der Waals surface area contributed by atoms with E-state index in [2.05, 4.69) is 5.10 Å². The molecule has 1 atom stereocenters. The summed E-state index contributed by atoms with van der Waals surface area (Å²) in [5.74, 6) is 4.22. The average molecular weight is 252 g/mol. The van der Waals surface area contributed by atoms with Crippen LogP contribution in [-0.2, 0) is 15.7 Å². The van der Waals surface area contributed by atoms with Gasteiger partial charge in [-0.15, -0.1) is 0 Å². The largest absolute Gasteiger partial charge is 0.419 e. The molecule has 9 heteroatoms. The molecule has 0 bridgehead atoms.